The summed E-state index contributed by atoms with van der Waals surface area (Å²) >= 11 is 0. The second kappa shape index (κ2) is 9.64. The van der Waals surface area contributed by atoms with Crippen LogP contribution in [0.5, 0.6) is 11.6 Å². The molecule has 0 bridgehead atoms. The van der Waals surface area contributed by atoms with Crippen molar-refractivity contribution >= 4 is 11.6 Å². The number of benzene rings is 2. The van der Waals surface area contributed by atoms with E-state index in [1.807, 2.05) is 32.0 Å². The Bertz CT molecular complexity index is 1290. The predicted octanol–water partition coefficient (Wildman–Crippen LogP) is 3.51. The van der Waals surface area contributed by atoms with Crippen LogP contribution in [0.3, 0.4) is 0 Å². The highest BCUT2D eigenvalue weighted by Crippen LogP contribution is 2.20. The number of ether oxygens (including phenoxy) is 2. The number of rotatable bonds is 8. The zero-order chi connectivity index (χ0) is 23.4. The van der Waals surface area contributed by atoms with Crippen LogP contribution >= 0.6 is 0 Å². The summed E-state index contributed by atoms with van der Waals surface area (Å²) in [5.41, 5.74) is 3.33. The van der Waals surface area contributed by atoms with Gasteiger partial charge < -0.3 is 14.8 Å². The molecule has 0 spiro atoms. The predicted molar refractivity (Wildman–Crippen MR) is 121 cm³/mol. The summed E-state index contributed by atoms with van der Waals surface area (Å²) in [6, 6.07) is 15.1. The first-order chi connectivity index (χ1) is 15.9. The molecule has 0 fully saturated rings. The van der Waals surface area contributed by atoms with E-state index in [0.717, 1.165) is 11.1 Å². The molecule has 0 radical (unpaired) electrons. The van der Waals surface area contributed by atoms with Gasteiger partial charge in [0, 0.05) is 11.6 Å². The minimum Gasteiger partial charge on any atom is -0.481 e. The Morgan fingerprint density at radius 3 is 2.73 bits per heavy atom. The van der Waals surface area contributed by atoms with E-state index < -0.39 is 6.10 Å². The van der Waals surface area contributed by atoms with Crippen LogP contribution in [0.25, 0.3) is 17.0 Å². The van der Waals surface area contributed by atoms with Crippen molar-refractivity contribution in [2.75, 3.05) is 13.2 Å². The van der Waals surface area contributed by atoms with Crippen LogP contribution in [0.15, 0.2) is 54.6 Å². The van der Waals surface area contributed by atoms with E-state index in [4.69, 9.17) is 9.47 Å². The Balaban J connectivity index is 1.32. The van der Waals surface area contributed by atoms with Crippen molar-refractivity contribution in [3.63, 3.8) is 0 Å². The molecule has 2 heterocycles. The average molecular weight is 449 g/mol. The lowest BCUT2D eigenvalue weighted by molar-refractivity contribution is -0.127. The molecular formula is C24H24FN5O3. The van der Waals surface area contributed by atoms with Crippen molar-refractivity contribution in [2.24, 2.45) is 0 Å². The lowest BCUT2D eigenvalue weighted by Crippen LogP contribution is -2.38. The second-order valence-corrected chi connectivity index (χ2v) is 7.62. The molecule has 33 heavy (non-hydrogen) atoms. The largest absolute Gasteiger partial charge is 0.481 e. The third-order valence-electron chi connectivity index (χ3n) is 5.13. The number of aromatic nitrogens is 4. The van der Waals surface area contributed by atoms with Gasteiger partial charge in [-0.25, -0.2) is 4.39 Å². The van der Waals surface area contributed by atoms with Crippen molar-refractivity contribution in [2.45, 2.75) is 26.9 Å². The third kappa shape index (κ3) is 5.25. The van der Waals surface area contributed by atoms with E-state index in [0.29, 0.717) is 28.7 Å². The average Bonchev–Trinajstić information content (AvgIpc) is 3.22. The first-order valence-corrected chi connectivity index (χ1v) is 10.5. The fourth-order valence-electron chi connectivity index (χ4n) is 3.18. The van der Waals surface area contributed by atoms with Gasteiger partial charge in [0.2, 0.25) is 5.88 Å². The highest BCUT2D eigenvalue weighted by molar-refractivity contribution is 5.80. The summed E-state index contributed by atoms with van der Waals surface area (Å²) in [7, 11) is 0. The van der Waals surface area contributed by atoms with E-state index in [1.165, 1.54) is 16.6 Å². The molecule has 2 aromatic carbocycles. The molecule has 4 aromatic rings. The van der Waals surface area contributed by atoms with Gasteiger partial charge in [-0.05, 0) is 62.2 Å². The fraction of sp³-hybridized carbons (Fsp3) is 0.250. The molecule has 170 valence electrons. The SMILES string of the molecule is Cc1ccc(OC(C)C(=O)NCCOc2ccc3nnc(-c4cccc(F)c4)n3n2)cc1C. The van der Waals surface area contributed by atoms with Crippen molar-refractivity contribution < 1.29 is 18.7 Å². The van der Waals surface area contributed by atoms with Gasteiger partial charge in [-0.1, -0.05) is 18.2 Å². The number of amides is 1. The van der Waals surface area contributed by atoms with Crippen LogP contribution in [0.1, 0.15) is 18.1 Å². The van der Waals surface area contributed by atoms with Gasteiger partial charge in [-0.3, -0.25) is 4.79 Å². The molecule has 9 heteroatoms. The maximum absolute atomic E-state index is 13.6. The summed E-state index contributed by atoms with van der Waals surface area (Å²) in [5, 5.41) is 15.3. The van der Waals surface area contributed by atoms with E-state index in [2.05, 4.69) is 20.6 Å². The molecule has 1 unspecified atom stereocenters. The third-order valence-corrected chi connectivity index (χ3v) is 5.13. The molecule has 1 atom stereocenters. The van der Waals surface area contributed by atoms with Gasteiger partial charge in [-0.2, -0.15) is 4.52 Å². The number of hydrogen-bond donors (Lipinski definition) is 1. The summed E-state index contributed by atoms with van der Waals surface area (Å²) in [6.45, 7) is 6.20. The summed E-state index contributed by atoms with van der Waals surface area (Å²) in [5.74, 6) is 0.766. The van der Waals surface area contributed by atoms with E-state index in [1.54, 1.807) is 31.2 Å². The van der Waals surface area contributed by atoms with Gasteiger partial charge in [0.1, 0.15) is 18.2 Å². The van der Waals surface area contributed by atoms with Gasteiger partial charge >= 0.3 is 0 Å². The van der Waals surface area contributed by atoms with Gasteiger partial charge in [0.05, 0.1) is 6.54 Å². The lowest BCUT2D eigenvalue weighted by atomic mass is 10.1. The zero-order valence-electron chi connectivity index (χ0n) is 18.6. The van der Waals surface area contributed by atoms with Crippen molar-refractivity contribution in [1.29, 1.82) is 0 Å². The van der Waals surface area contributed by atoms with Gasteiger partial charge in [-0.15, -0.1) is 15.3 Å². The van der Waals surface area contributed by atoms with Crippen LogP contribution in [-0.2, 0) is 4.79 Å². The molecule has 8 nitrogen and oxygen atoms in total. The second-order valence-electron chi connectivity index (χ2n) is 7.62. The van der Waals surface area contributed by atoms with Crippen LogP contribution in [0, 0.1) is 19.7 Å². The van der Waals surface area contributed by atoms with Crippen LogP contribution in [-0.4, -0.2) is 45.0 Å². The van der Waals surface area contributed by atoms with Crippen LogP contribution in [0.4, 0.5) is 4.39 Å². The molecule has 0 saturated carbocycles. The summed E-state index contributed by atoms with van der Waals surface area (Å²) in [4.78, 5) is 12.3. The minimum atomic E-state index is -0.646. The normalized spacial score (nSPS) is 11.9. The molecule has 0 saturated heterocycles. The monoisotopic (exact) mass is 449 g/mol. The van der Waals surface area contributed by atoms with Crippen molar-refractivity contribution in [3.8, 4) is 23.0 Å². The van der Waals surface area contributed by atoms with Gasteiger partial charge in [0.25, 0.3) is 5.91 Å². The first kappa shape index (κ1) is 22.2. The molecule has 0 aliphatic rings. The number of carbonyl (C=O) groups excluding carboxylic acids is 1. The molecule has 0 aliphatic heterocycles. The Hall–Kier alpha value is -4.01. The number of nitrogens with one attached hydrogen (secondary N) is 1. The number of nitrogens with zero attached hydrogens (tertiary/aromatic N) is 4. The highest BCUT2D eigenvalue weighted by atomic mass is 19.1. The van der Waals surface area contributed by atoms with Gasteiger partial charge in [0.15, 0.2) is 17.6 Å². The van der Waals surface area contributed by atoms with Crippen molar-refractivity contribution in [3.05, 3.63) is 71.5 Å². The molecule has 1 amide bonds. The number of carbonyl (C=O) groups is 1. The van der Waals surface area contributed by atoms with Crippen LogP contribution < -0.4 is 14.8 Å². The minimum absolute atomic E-state index is 0.206. The number of fused-ring (bicyclic) bond motifs is 1. The quantitative estimate of drug-likeness (QED) is 0.414. The molecular weight excluding hydrogens is 425 g/mol. The molecule has 2 aromatic heterocycles. The van der Waals surface area contributed by atoms with Crippen LogP contribution in [0.2, 0.25) is 0 Å². The summed E-state index contributed by atoms with van der Waals surface area (Å²) < 4.78 is 26.4. The maximum Gasteiger partial charge on any atom is 0.260 e. The topological polar surface area (TPSA) is 90.6 Å². The van der Waals surface area contributed by atoms with E-state index in [-0.39, 0.29) is 24.9 Å². The lowest BCUT2D eigenvalue weighted by Gasteiger charge is -2.15. The Kier molecular flexibility index (Phi) is 6.48. The maximum atomic E-state index is 13.6. The Labute approximate surface area is 190 Å². The number of aryl methyl sites for hydroxylation is 2. The van der Waals surface area contributed by atoms with Crippen molar-refractivity contribution in [1.82, 2.24) is 25.1 Å². The first-order valence-electron chi connectivity index (χ1n) is 10.5. The molecule has 4 rings (SSSR count). The number of hydrogen-bond acceptors (Lipinski definition) is 6. The molecule has 1 N–H and O–H groups in total. The fourth-order valence-corrected chi connectivity index (χ4v) is 3.18. The smallest absolute Gasteiger partial charge is 0.260 e. The number of halogens is 1. The van der Waals surface area contributed by atoms with E-state index in [9.17, 15) is 9.18 Å². The standard InChI is InChI=1S/C24H24FN5O3/c1-15-7-8-20(13-16(15)2)33-17(3)24(31)26-11-12-32-22-10-9-21-27-28-23(30(21)29-22)18-5-4-6-19(25)14-18/h4-10,13-14,17H,11-12H2,1-3H3,(H,26,31). The Morgan fingerprint density at radius 2 is 1.94 bits per heavy atom. The van der Waals surface area contributed by atoms with E-state index >= 15 is 0 Å². The Morgan fingerprint density at radius 1 is 1.09 bits per heavy atom. The highest BCUT2D eigenvalue weighted by Gasteiger charge is 2.15. The molecule has 0 aliphatic carbocycles. The summed E-state index contributed by atoms with van der Waals surface area (Å²) in [6.07, 6.45) is -0.646. The zero-order valence-corrected chi connectivity index (χ0v) is 18.6.